The predicted molar refractivity (Wildman–Crippen MR) is 54.9 cm³/mol. The zero-order valence-corrected chi connectivity index (χ0v) is 9.42. The Balaban J connectivity index is 3.12. The van der Waals surface area contributed by atoms with Crippen LogP contribution in [0.2, 0.25) is 0 Å². The van der Waals surface area contributed by atoms with E-state index in [0.29, 0.717) is 0 Å². The highest BCUT2D eigenvalue weighted by atomic mass is 32.2. The summed E-state index contributed by atoms with van der Waals surface area (Å²) in [5, 5.41) is 4.90. The molecule has 0 amide bonds. The first kappa shape index (κ1) is 13.1. The molecule has 0 spiro atoms. The van der Waals surface area contributed by atoms with Crippen molar-refractivity contribution in [3.63, 3.8) is 0 Å². The summed E-state index contributed by atoms with van der Waals surface area (Å²) in [4.78, 5) is -0.444. The van der Waals surface area contributed by atoms with Gasteiger partial charge in [-0.05, 0) is 19.1 Å². The Morgan fingerprint density at radius 3 is 2.25 bits per heavy atom. The van der Waals surface area contributed by atoms with Gasteiger partial charge < -0.3 is 5.11 Å². The lowest BCUT2D eigenvalue weighted by atomic mass is 10.3. The van der Waals surface area contributed by atoms with Crippen LogP contribution in [0.25, 0.3) is 0 Å². The van der Waals surface area contributed by atoms with Crippen LogP contribution in [-0.2, 0) is 9.84 Å². The average Bonchev–Trinajstić information content (AvgIpc) is 2.17. The topological polar surface area (TPSA) is 54.4 Å². The maximum Gasteiger partial charge on any atom is 0.352 e. The summed E-state index contributed by atoms with van der Waals surface area (Å²) >= 11 is 0. The Hall–Kier alpha value is -1.01. The Morgan fingerprint density at radius 2 is 1.81 bits per heavy atom. The minimum absolute atomic E-state index is 0.444. The van der Waals surface area contributed by atoms with Crippen molar-refractivity contribution in [1.29, 1.82) is 0 Å². The quantitative estimate of drug-likeness (QED) is 0.886. The molecule has 0 aliphatic rings. The summed E-state index contributed by atoms with van der Waals surface area (Å²) in [5.41, 5.74) is 0. The molecule has 0 aliphatic carbocycles. The number of rotatable bonds is 4. The highest BCUT2D eigenvalue weighted by molar-refractivity contribution is 7.92. The smallest absolute Gasteiger partial charge is 0.352 e. The molecule has 1 atom stereocenters. The molecule has 1 N–H and O–H groups in total. The minimum atomic E-state index is -4.73. The van der Waals surface area contributed by atoms with Gasteiger partial charge in [0.1, 0.15) is 0 Å². The fourth-order valence-electron chi connectivity index (χ4n) is 1.23. The van der Waals surface area contributed by atoms with E-state index in [1.54, 1.807) is 0 Å². The summed E-state index contributed by atoms with van der Waals surface area (Å²) < 4.78 is 49.8. The number of benzene rings is 1. The number of aliphatic hydroxyl groups is 1. The molecule has 1 aromatic rings. The van der Waals surface area contributed by atoms with Crippen molar-refractivity contribution in [3.05, 3.63) is 30.3 Å². The number of aliphatic hydroxyl groups excluding tert-OH is 1. The van der Waals surface area contributed by atoms with Gasteiger partial charge in [0.05, 0.1) is 17.4 Å². The van der Waals surface area contributed by atoms with Crippen molar-refractivity contribution >= 4 is 9.84 Å². The van der Waals surface area contributed by atoms with E-state index in [1.807, 2.05) is 0 Å². The molecule has 0 heterocycles. The van der Waals surface area contributed by atoms with Crippen LogP contribution in [0.1, 0.15) is 13.3 Å². The molecular formula is C10H12F2O3S. The second-order valence-electron chi connectivity index (χ2n) is 3.51. The lowest BCUT2D eigenvalue weighted by Gasteiger charge is -2.18. The molecule has 0 aliphatic heterocycles. The summed E-state index contributed by atoms with van der Waals surface area (Å²) in [6.45, 7) is 1.12. The van der Waals surface area contributed by atoms with E-state index in [0.717, 1.165) is 19.1 Å². The molecule has 0 bridgehead atoms. The molecule has 3 nitrogen and oxygen atoms in total. The van der Waals surface area contributed by atoms with Crippen LogP contribution in [0.15, 0.2) is 35.2 Å². The van der Waals surface area contributed by atoms with E-state index in [9.17, 15) is 17.2 Å². The van der Waals surface area contributed by atoms with Crippen molar-refractivity contribution in [3.8, 4) is 0 Å². The van der Waals surface area contributed by atoms with Gasteiger partial charge in [0.15, 0.2) is 0 Å². The molecular weight excluding hydrogens is 238 g/mol. The molecule has 1 rings (SSSR count). The first-order valence-corrected chi connectivity index (χ1v) is 6.11. The van der Waals surface area contributed by atoms with Crippen LogP contribution in [-0.4, -0.2) is 24.9 Å². The van der Waals surface area contributed by atoms with Gasteiger partial charge in [0.25, 0.3) is 0 Å². The monoisotopic (exact) mass is 250 g/mol. The van der Waals surface area contributed by atoms with Gasteiger partial charge in [-0.1, -0.05) is 18.2 Å². The second kappa shape index (κ2) is 4.47. The SMILES string of the molecule is CC(O)CC(F)(F)S(=O)(=O)c1ccccc1. The van der Waals surface area contributed by atoms with Crippen LogP contribution >= 0.6 is 0 Å². The molecule has 90 valence electrons. The van der Waals surface area contributed by atoms with Crippen LogP contribution in [0.5, 0.6) is 0 Å². The molecule has 0 radical (unpaired) electrons. The maximum absolute atomic E-state index is 13.4. The molecule has 1 unspecified atom stereocenters. The van der Waals surface area contributed by atoms with E-state index in [1.165, 1.54) is 18.2 Å². The fraction of sp³-hybridized carbons (Fsp3) is 0.400. The summed E-state index contributed by atoms with van der Waals surface area (Å²) in [5.74, 6) is 0. The fourth-order valence-corrected chi connectivity index (χ4v) is 2.55. The van der Waals surface area contributed by atoms with E-state index in [4.69, 9.17) is 5.11 Å². The molecule has 0 aromatic heterocycles. The summed E-state index contributed by atoms with van der Waals surface area (Å²) in [7, 11) is -4.73. The Labute approximate surface area is 92.6 Å². The molecule has 0 fully saturated rings. The number of hydrogen-bond donors (Lipinski definition) is 1. The normalized spacial score (nSPS) is 14.8. The standard InChI is InChI=1S/C10H12F2O3S/c1-8(13)7-10(11,12)16(14,15)9-5-3-2-4-6-9/h2-6,8,13H,7H2,1H3. The van der Waals surface area contributed by atoms with Gasteiger partial charge in [0.2, 0.25) is 9.84 Å². The second-order valence-corrected chi connectivity index (χ2v) is 5.58. The molecule has 6 heteroatoms. The van der Waals surface area contributed by atoms with Gasteiger partial charge in [-0.15, -0.1) is 0 Å². The van der Waals surface area contributed by atoms with Crippen molar-refractivity contribution in [2.75, 3.05) is 0 Å². The van der Waals surface area contributed by atoms with Crippen LogP contribution < -0.4 is 0 Å². The molecule has 0 saturated carbocycles. The number of sulfone groups is 1. The summed E-state index contributed by atoms with van der Waals surface area (Å²) in [6, 6.07) is 6.47. The number of alkyl halides is 2. The molecule has 1 aromatic carbocycles. The lowest BCUT2D eigenvalue weighted by molar-refractivity contribution is 0.0320. The zero-order chi connectivity index (χ0) is 12.4. The van der Waals surface area contributed by atoms with E-state index < -0.39 is 32.5 Å². The van der Waals surface area contributed by atoms with E-state index in [2.05, 4.69) is 0 Å². The number of halogens is 2. The van der Waals surface area contributed by atoms with E-state index >= 15 is 0 Å². The zero-order valence-electron chi connectivity index (χ0n) is 8.60. The van der Waals surface area contributed by atoms with Crippen LogP contribution in [0.3, 0.4) is 0 Å². The van der Waals surface area contributed by atoms with Crippen LogP contribution in [0.4, 0.5) is 8.78 Å². The third-order valence-electron chi connectivity index (χ3n) is 1.98. The average molecular weight is 250 g/mol. The lowest BCUT2D eigenvalue weighted by Crippen LogP contribution is -2.32. The van der Waals surface area contributed by atoms with Gasteiger partial charge in [-0.25, -0.2) is 8.42 Å². The Morgan fingerprint density at radius 1 is 1.31 bits per heavy atom. The summed E-state index contributed by atoms with van der Waals surface area (Å²) in [6.07, 6.45) is -2.49. The van der Waals surface area contributed by atoms with Gasteiger partial charge >= 0.3 is 5.25 Å². The predicted octanol–water partition coefficient (Wildman–Crippen LogP) is 1.82. The van der Waals surface area contributed by atoms with Crippen molar-refractivity contribution in [1.82, 2.24) is 0 Å². The van der Waals surface area contributed by atoms with Gasteiger partial charge in [-0.3, -0.25) is 0 Å². The highest BCUT2D eigenvalue weighted by Crippen LogP contribution is 2.32. The first-order chi connectivity index (χ1) is 7.27. The largest absolute Gasteiger partial charge is 0.393 e. The minimum Gasteiger partial charge on any atom is -0.393 e. The Bertz CT molecular complexity index is 440. The maximum atomic E-state index is 13.4. The highest BCUT2D eigenvalue weighted by Gasteiger charge is 2.46. The van der Waals surface area contributed by atoms with Crippen molar-refractivity contribution < 1.29 is 22.3 Å². The first-order valence-electron chi connectivity index (χ1n) is 4.63. The van der Waals surface area contributed by atoms with Crippen molar-refractivity contribution in [2.45, 2.75) is 29.6 Å². The van der Waals surface area contributed by atoms with Gasteiger partial charge in [-0.2, -0.15) is 8.78 Å². The molecule has 16 heavy (non-hydrogen) atoms. The molecule has 0 saturated heterocycles. The van der Waals surface area contributed by atoms with E-state index in [-0.39, 0.29) is 0 Å². The van der Waals surface area contributed by atoms with Crippen molar-refractivity contribution in [2.24, 2.45) is 0 Å². The number of hydrogen-bond acceptors (Lipinski definition) is 3. The van der Waals surface area contributed by atoms with Gasteiger partial charge in [0, 0.05) is 0 Å². The third-order valence-corrected chi connectivity index (χ3v) is 3.83. The Kier molecular flexibility index (Phi) is 3.64. The third kappa shape index (κ3) is 2.56. The van der Waals surface area contributed by atoms with Crippen LogP contribution in [0, 0.1) is 0 Å².